The van der Waals surface area contributed by atoms with Crippen LogP contribution in [0.2, 0.25) is 0 Å². The van der Waals surface area contributed by atoms with Gasteiger partial charge in [-0.05, 0) is 182 Å². The van der Waals surface area contributed by atoms with Crippen LogP contribution in [0.5, 0.6) is 11.5 Å². The summed E-state index contributed by atoms with van der Waals surface area (Å²) < 4.78 is 29.0. The van der Waals surface area contributed by atoms with Crippen LogP contribution in [0.4, 0.5) is 0 Å². The van der Waals surface area contributed by atoms with Crippen LogP contribution in [-0.4, -0.2) is 4.89 Å². The Labute approximate surface area is 475 Å². The third-order valence-electron chi connectivity index (χ3n) is 16.9. The second-order valence-electron chi connectivity index (χ2n) is 26.1. The topological polar surface area (TPSA) is 55.8 Å². The zero-order chi connectivity index (χ0) is 57.4. The lowest BCUT2D eigenvalue weighted by Crippen LogP contribution is -2.07. The van der Waals surface area contributed by atoms with Crippen LogP contribution in [0.3, 0.4) is 0 Å². The Morgan fingerprint density at radius 3 is 0.823 bits per heavy atom. The van der Waals surface area contributed by atoms with E-state index in [2.05, 4.69) is 248 Å². The molecule has 0 saturated carbocycles. The van der Waals surface area contributed by atoms with Gasteiger partial charge in [0.1, 0.15) is 11.5 Å². The van der Waals surface area contributed by atoms with Crippen molar-refractivity contribution in [2.75, 3.05) is 0 Å². The summed E-state index contributed by atoms with van der Waals surface area (Å²) >= 11 is 0. The number of benzene rings is 8. The Kier molecular flexibility index (Phi) is 16.2. The monoisotopic (exact) mass is 1070 g/mol. The molecule has 0 radical (unpaired) electrons. The average Bonchev–Trinajstić information content (AvgIpc) is 3.55. The molecule has 0 unspecified atom stereocenters. The molecule has 1 aliphatic heterocycles. The molecule has 1 aliphatic rings. The van der Waals surface area contributed by atoms with Gasteiger partial charge >= 0.3 is 7.82 Å². The van der Waals surface area contributed by atoms with Crippen molar-refractivity contribution >= 4 is 29.4 Å². The van der Waals surface area contributed by atoms with Crippen LogP contribution in [0.1, 0.15) is 253 Å². The van der Waals surface area contributed by atoms with Gasteiger partial charge in [-0.25, -0.2) is 4.57 Å². The van der Waals surface area contributed by atoms with Gasteiger partial charge in [0.05, 0.1) is 0 Å². The van der Waals surface area contributed by atoms with Crippen molar-refractivity contribution in [1.29, 1.82) is 0 Å². The highest BCUT2D eigenvalue weighted by molar-refractivity contribution is 7.48. The van der Waals surface area contributed by atoms with E-state index in [1.807, 2.05) is 0 Å². The van der Waals surface area contributed by atoms with Crippen molar-refractivity contribution in [1.82, 2.24) is 0 Å². The molecule has 414 valence electrons. The van der Waals surface area contributed by atoms with Gasteiger partial charge in [0.25, 0.3) is 0 Å². The highest BCUT2D eigenvalue weighted by Crippen LogP contribution is 2.63. The molecule has 0 aliphatic carbocycles. The molecule has 9 rings (SSSR count). The number of fused-ring (bicyclic) bond motifs is 7. The van der Waals surface area contributed by atoms with E-state index < -0.39 is 7.82 Å². The SMILES string of the molecule is CC(C)c1cc(C(C)C)c(-c2cc(C(C)C)c(-c3cc4ccccc4c4c3OP(=O)(O)Oc3c(-c5c(C(C)C)cc(-c6c(C(C)C)cc(C(C)C)cc6C(C)C)cc5C(C)C)cc5ccccc5c3-4)c(C(C)C)c2)c(C(C)C)c1. The van der Waals surface area contributed by atoms with E-state index in [4.69, 9.17) is 9.05 Å². The van der Waals surface area contributed by atoms with Crippen LogP contribution < -0.4 is 9.05 Å². The number of phosphoric ester groups is 1. The maximum Gasteiger partial charge on any atom is 0.584 e. The first-order valence-electron chi connectivity index (χ1n) is 29.8. The summed E-state index contributed by atoms with van der Waals surface area (Å²) in [6.07, 6.45) is 0. The van der Waals surface area contributed by atoms with E-state index in [1.54, 1.807) is 0 Å². The van der Waals surface area contributed by atoms with Gasteiger partial charge in [0.15, 0.2) is 0 Å². The van der Waals surface area contributed by atoms with E-state index in [-0.39, 0.29) is 23.7 Å². The minimum absolute atomic E-state index is 0.0884. The van der Waals surface area contributed by atoms with Gasteiger partial charge in [-0.2, -0.15) is 0 Å². The Hall–Kier alpha value is -5.93. The average molecular weight is 1070 g/mol. The maximum absolute atomic E-state index is 15.4. The zero-order valence-corrected chi connectivity index (χ0v) is 52.2. The molecular formula is C74H89O4P. The standard InChI is InChI=1S/C74H89O4P/c1-39(2)51-31-57(41(5)6)67(58(32-51)42(7)8)53-35-61(45(13)14)69(62(36-53)46(15)16)65-29-49-25-21-23-27-55(49)71-72-56-28-24-22-26-50(56)30-66(74(72)78-79(75,76)77-73(65)71)70-63(47(17)18)37-54(38-64(70)48(19)20)68-59(43(9)10)33-52(40(3)4)34-60(68)44(11)12/h21-48H,1-20H3,(H,75,76). The Bertz CT molecular complexity index is 3340. The van der Waals surface area contributed by atoms with Crippen molar-refractivity contribution < 1.29 is 18.5 Å². The first kappa shape index (κ1) is 57.7. The fourth-order valence-corrected chi connectivity index (χ4v) is 13.5. The molecular weight excluding hydrogens is 984 g/mol. The van der Waals surface area contributed by atoms with Gasteiger partial charge in [0, 0.05) is 22.3 Å². The molecule has 0 amide bonds. The lowest BCUT2D eigenvalue weighted by atomic mass is 9.76. The molecule has 5 heteroatoms. The summed E-state index contributed by atoms with van der Waals surface area (Å²) in [5.74, 6) is 3.12. The van der Waals surface area contributed by atoms with Crippen LogP contribution in [0.25, 0.3) is 77.2 Å². The maximum atomic E-state index is 15.4. The molecule has 0 spiro atoms. The predicted octanol–water partition coefficient (Wildman–Crippen LogP) is 23.4. The second-order valence-corrected chi connectivity index (χ2v) is 27.4. The largest absolute Gasteiger partial charge is 0.584 e. The van der Waals surface area contributed by atoms with Gasteiger partial charge < -0.3 is 9.05 Å². The third-order valence-corrected chi connectivity index (χ3v) is 17.8. The summed E-state index contributed by atoms with van der Waals surface area (Å²) in [5, 5.41) is 3.87. The summed E-state index contributed by atoms with van der Waals surface area (Å²) in [5.41, 5.74) is 23.1. The summed E-state index contributed by atoms with van der Waals surface area (Å²) in [6.45, 7) is 45.9. The third kappa shape index (κ3) is 10.7. The van der Waals surface area contributed by atoms with Crippen molar-refractivity contribution in [2.24, 2.45) is 0 Å². The highest BCUT2D eigenvalue weighted by atomic mass is 31.2. The first-order chi connectivity index (χ1) is 37.2. The molecule has 0 atom stereocenters. The van der Waals surface area contributed by atoms with Crippen molar-refractivity contribution in [2.45, 2.75) is 198 Å². The van der Waals surface area contributed by atoms with Crippen LogP contribution in [0.15, 0.2) is 109 Å². The Morgan fingerprint density at radius 2 is 0.570 bits per heavy atom. The predicted molar refractivity (Wildman–Crippen MR) is 341 cm³/mol. The minimum Gasteiger partial charge on any atom is -0.394 e. The smallest absolute Gasteiger partial charge is 0.394 e. The van der Waals surface area contributed by atoms with E-state index in [1.165, 1.54) is 77.9 Å². The van der Waals surface area contributed by atoms with Gasteiger partial charge in [0.2, 0.25) is 0 Å². The Morgan fingerprint density at radius 1 is 0.316 bits per heavy atom. The highest BCUT2D eigenvalue weighted by Gasteiger charge is 2.40. The fourth-order valence-electron chi connectivity index (χ4n) is 12.6. The van der Waals surface area contributed by atoms with E-state index in [0.717, 1.165) is 54.9 Å². The first-order valence-corrected chi connectivity index (χ1v) is 31.3. The van der Waals surface area contributed by atoms with Crippen molar-refractivity contribution in [3.8, 4) is 67.1 Å². The number of rotatable bonds is 14. The van der Waals surface area contributed by atoms with E-state index >= 15 is 4.57 Å². The molecule has 0 saturated heterocycles. The number of phosphoric acid groups is 1. The number of hydrogen-bond acceptors (Lipinski definition) is 3. The summed E-state index contributed by atoms with van der Waals surface area (Å²) in [4.78, 5) is 12.6. The van der Waals surface area contributed by atoms with Gasteiger partial charge in [-0.3, -0.25) is 4.89 Å². The van der Waals surface area contributed by atoms with Crippen LogP contribution in [-0.2, 0) is 4.57 Å². The van der Waals surface area contributed by atoms with Gasteiger partial charge in [-0.1, -0.05) is 236 Å². The van der Waals surface area contributed by atoms with Crippen molar-refractivity contribution in [3.05, 3.63) is 165 Å². The summed E-state index contributed by atoms with van der Waals surface area (Å²) in [7, 11) is -4.91. The fraction of sp³-hybridized carbons (Fsp3) is 0.405. The van der Waals surface area contributed by atoms with Crippen LogP contribution >= 0.6 is 7.82 Å². The Balaban J connectivity index is 1.42. The molecule has 4 nitrogen and oxygen atoms in total. The molecule has 1 N–H and O–H groups in total. The molecule has 8 aromatic rings. The molecule has 79 heavy (non-hydrogen) atoms. The molecule has 1 heterocycles. The molecule has 0 bridgehead atoms. The molecule has 8 aromatic carbocycles. The van der Waals surface area contributed by atoms with E-state index in [9.17, 15) is 4.89 Å². The lowest BCUT2D eigenvalue weighted by molar-refractivity contribution is 0.295. The van der Waals surface area contributed by atoms with Crippen LogP contribution in [0, 0.1) is 0 Å². The molecule has 0 aromatic heterocycles. The van der Waals surface area contributed by atoms with E-state index in [0.29, 0.717) is 47.0 Å². The quantitative estimate of drug-likeness (QED) is 0.110. The van der Waals surface area contributed by atoms with Crippen molar-refractivity contribution in [3.63, 3.8) is 0 Å². The normalized spacial score (nSPS) is 13.6. The zero-order valence-electron chi connectivity index (χ0n) is 51.3. The summed E-state index contributed by atoms with van der Waals surface area (Å²) in [6, 6.07) is 40.8. The number of hydrogen-bond donors (Lipinski definition) is 1. The van der Waals surface area contributed by atoms with Gasteiger partial charge in [-0.15, -0.1) is 0 Å². The lowest BCUT2D eigenvalue weighted by Gasteiger charge is -2.28. The minimum atomic E-state index is -4.91. The second kappa shape index (κ2) is 22.2. The molecule has 0 fully saturated rings.